The van der Waals surface area contributed by atoms with Crippen LogP contribution in [0, 0.1) is 3.57 Å². The lowest BCUT2D eigenvalue weighted by molar-refractivity contribution is -0.138. The maximum absolute atomic E-state index is 14.3. The minimum Gasteiger partial charge on any atom is -0.487 e. The van der Waals surface area contributed by atoms with Crippen molar-refractivity contribution in [3.8, 4) is 5.75 Å². The van der Waals surface area contributed by atoms with E-state index in [1.807, 2.05) is 109 Å². The van der Waals surface area contributed by atoms with Gasteiger partial charge in [0.05, 0.1) is 32.0 Å². The Balaban J connectivity index is 1.56. The lowest BCUT2D eigenvalue weighted by atomic mass is 9.93. The highest BCUT2D eigenvalue weighted by Crippen LogP contribution is 2.35. The van der Waals surface area contributed by atoms with Crippen LogP contribution in [-0.4, -0.2) is 17.1 Å². The van der Waals surface area contributed by atoms with Crippen molar-refractivity contribution < 1.29 is 14.3 Å². The maximum Gasteiger partial charge on any atom is 0.338 e. The van der Waals surface area contributed by atoms with Crippen molar-refractivity contribution in [3.05, 3.63) is 159 Å². The molecule has 0 amide bonds. The number of carbonyl (C=O) groups is 1. The summed E-state index contributed by atoms with van der Waals surface area (Å²) in [7, 11) is 0. The Hall–Kier alpha value is -3.80. The van der Waals surface area contributed by atoms with E-state index in [0.29, 0.717) is 33.0 Å². The van der Waals surface area contributed by atoms with Crippen LogP contribution < -0.4 is 19.6 Å². The highest BCUT2D eigenvalue weighted by atomic mass is 127. The number of aromatic nitrogens is 1. The lowest BCUT2D eigenvalue weighted by Crippen LogP contribution is -2.40. The van der Waals surface area contributed by atoms with Crippen LogP contribution in [-0.2, 0) is 16.1 Å². The second-order valence-electron chi connectivity index (χ2n) is 9.92. The van der Waals surface area contributed by atoms with Gasteiger partial charge in [-0.3, -0.25) is 9.36 Å². The molecule has 1 aromatic heterocycles. The molecule has 0 saturated carbocycles. The molecule has 9 heteroatoms. The van der Waals surface area contributed by atoms with Crippen molar-refractivity contribution in [3.63, 3.8) is 0 Å². The first-order valence-corrected chi connectivity index (χ1v) is 16.6. The Bertz CT molecular complexity index is 2040. The summed E-state index contributed by atoms with van der Waals surface area (Å²) in [5, 5.41) is 0. The molecule has 0 fully saturated rings. The molecule has 4 aromatic carbocycles. The topological polar surface area (TPSA) is 69.9 Å². The summed E-state index contributed by atoms with van der Waals surface area (Å²) in [5.74, 6) is 0.177. The third kappa shape index (κ3) is 6.22. The number of rotatable bonds is 8. The molecule has 0 aliphatic carbocycles. The van der Waals surface area contributed by atoms with Crippen LogP contribution in [0.25, 0.3) is 11.8 Å². The highest BCUT2D eigenvalue weighted by Gasteiger charge is 2.35. The number of hydrogen-bond acceptors (Lipinski definition) is 6. The van der Waals surface area contributed by atoms with Crippen LogP contribution in [0.15, 0.2) is 123 Å². The van der Waals surface area contributed by atoms with Gasteiger partial charge in [0.25, 0.3) is 5.56 Å². The van der Waals surface area contributed by atoms with Crippen molar-refractivity contribution in [1.29, 1.82) is 0 Å². The molecule has 0 bridgehead atoms. The van der Waals surface area contributed by atoms with E-state index in [1.54, 1.807) is 11.5 Å². The maximum atomic E-state index is 14.3. The molecule has 0 unspecified atom stereocenters. The van der Waals surface area contributed by atoms with Crippen LogP contribution in [0.4, 0.5) is 0 Å². The molecule has 6 rings (SSSR count). The number of nitrogens with zero attached hydrogens (tertiary/aromatic N) is 2. The molecule has 44 heavy (non-hydrogen) atoms. The van der Waals surface area contributed by atoms with Gasteiger partial charge in [-0.25, -0.2) is 9.79 Å². The first-order chi connectivity index (χ1) is 21.4. The Morgan fingerprint density at radius 2 is 1.66 bits per heavy atom. The standard InChI is InChI=1S/C35H26BrIN2O4S/c1-2-42-34(41)29-30(23-14-8-4-9-15-23)38-35-39(31(29)24-16-10-5-11-17-24)33(40)28(44-35)19-25-18-26(36)20-27(37)32(25)43-21-22-12-6-3-7-13-22/h3-20,31H,2,21H2,1H3/b28-19-/t31-/m0/s1. The van der Waals surface area contributed by atoms with Gasteiger partial charge in [-0.2, -0.15) is 0 Å². The molecule has 5 aromatic rings. The van der Waals surface area contributed by atoms with Crippen molar-refractivity contribution >= 4 is 67.6 Å². The normalized spacial score (nSPS) is 14.6. The van der Waals surface area contributed by atoms with E-state index in [9.17, 15) is 9.59 Å². The Morgan fingerprint density at radius 1 is 1.00 bits per heavy atom. The molecular weight excluding hydrogens is 751 g/mol. The minimum absolute atomic E-state index is 0.198. The summed E-state index contributed by atoms with van der Waals surface area (Å²) >= 11 is 7.14. The van der Waals surface area contributed by atoms with Crippen LogP contribution in [0.3, 0.4) is 0 Å². The number of halogens is 2. The van der Waals surface area contributed by atoms with Gasteiger partial charge in [0.2, 0.25) is 0 Å². The van der Waals surface area contributed by atoms with Crippen LogP contribution in [0.1, 0.15) is 35.2 Å². The van der Waals surface area contributed by atoms with Gasteiger partial charge in [0, 0.05) is 15.6 Å². The number of ether oxygens (including phenoxy) is 2. The van der Waals surface area contributed by atoms with E-state index in [1.165, 1.54) is 11.3 Å². The largest absolute Gasteiger partial charge is 0.487 e. The molecule has 1 aliphatic heterocycles. The molecule has 1 aliphatic rings. The van der Waals surface area contributed by atoms with Gasteiger partial charge in [-0.1, -0.05) is 118 Å². The molecule has 0 saturated heterocycles. The molecular formula is C35H26BrIN2O4S. The lowest BCUT2D eigenvalue weighted by Gasteiger charge is -2.25. The van der Waals surface area contributed by atoms with Gasteiger partial charge < -0.3 is 9.47 Å². The average molecular weight is 777 g/mol. The number of esters is 1. The van der Waals surface area contributed by atoms with Crippen LogP contribution in [0.2, 0.25) is 0 Å². The predicted molar refractivity (Wildman–Crippen MR) is 185 cm³/mol. The van der Waals surface area contributed by atoms with Crippen LogP contribution in [0.5, 0.6) is 5.75 Å². The van der Waals surface area contributed by atoms with Gasteiger partial charge in [-0.15, -0.1) is 0 Å². The zero-order valence-electron chi connectivity index (χ0n) is 23.6. The SMILES string of the molecule is CCOC(=O)C1=C(c2ccccc2)N=c2s/c(=C\c3cc(Br)cc(I)c3OCc3ccccc3)c(=O)n2[C@H]1c1ccccc1. The third-order valence-electron chi connectivity index (χ3n) is 7.04. The molecule has 1 atom stereocenters. The number of thiazole rings is 1. The minimum atomic E-state index is -0.722. The van der Waals surface area contributed by atoms with E-state index >= 15 is 0 Å². The summed E-state index contributed by atoms with van der Waals surface area (Å²) in [6.45, 7) is 2.35. The van der Waals surface area contributed by atoms with E-state index in [-0.39, 0.29) is 12.2 Å². The number of carbonyl (C=O) groups excluding carboxylic acids is 1. The second kappa shape index (κ2) is 13.5. The summed E-state index contributed by atoms with van der Waals surface area (Å²) < 4.78 is 15.7. The smallest absolute Gasteiger partial charge is 0.338 e. The Morgan fingerprint density at radius 3 is 2.34 bits per heavy atom. The number of fused-ring (bicyclic) bond motifs is 1. The first kappa shape index (κ1) is 30.2. The number of benzene rings is 4. The van der Waals surface area contributed by atoms with E-state index in [4.69, 9.17) is 14.5 Å². The average Bonchev–Trinajstić information content (AvgIpc) is 3.35. The molecule has 6 nitrogen and oxygen atoms in total. The Labute approximate surface area is 280 Å². The monoisotopic (exact) mass is 776 g/mol. The summed E-state index contributed by atoms with van der Waals surface area (Å²) in [5.41, 5.74) is 3.93. The predicted octanol–water partition coefficient (Wildman–Crippen LogP) is 6.88. The fourth-order valence-corrected chi connectivity index (χ4v) is 7.80. The molecule has 0 spiro atoms. The fourth-order valence-electron chi connectivity index (χ4n) is 5.10. The highest BCUT2D eigenvalue weighted by molar-refractivity contribution is 14.1. The second-order valence-corrected chi connectivity index (χ2v) is 13.0. The number of hydrogen-bond donors (Lipinski definition) is 0. The fraction of sp³-hybridized carbons (Fsp3) is 0.114. The van der Waals surface area contributed by atoms with Gasteiger partial charge in [0.15, 0.2) is 4.80 Å². The van der Waals surface area contributed by atoms with E-state index < -0.39 is 12.0 Å². The summed E-state index contributed by atoms with van der Waals surface area (Å²) in [6.07, 6.45) is 1.84. The van der Waals surface area contributed by atoms with Crippen molar-refractivity contribution in [2.45, 2.75) is 19.6 Å². The van der Waals surface area contributed by atoms with Gasteiger partial charge in [0.1, 0.15) is 12.4 Å². The summed E-state index contributed by atoms with van der Waals surface area (Å²) in [4.78, 5) is 33.3. The van der Waals surface area contributed by atoms with Crippen LogP contribution >= 0.6 is 49.9 Å². The molecule has 220 valence electrons. The quantitative estimate of drug-likeness (QED) is 0.127. The Kier molecular flexibility index (Phi) is 9.25. The molecule has 0 radical (unpaired) electrons. The van der Waals surface area contributed by atoms with Crippen molar-refractivity contribution in [2.24, 2.45) is 4.99 Å². The molecule has 2 heterocycles. The zero-order valence-corrected chi connectivity index (χ0v) is 28.1. The zero-order chi connectivity index (χ0) is 30.6. The summed E-state index contributed by atoms with van der Waals surface area (Å²) in [6, 6.07) is 32.2. The van der Waals surface area contributed by atoms with Crippen molar-refractivity contribution in [2.75, 3.05) is 6.61 Å². The first-order valence-electron chi connectivity index (χ1n) is 13.9. The third-order valence-corrected chi connectivity index (χ3v) is 9.28. The van der Waals surface area contributed by atoms with Gasteiger partial charge in [-0.05, 0) is 58.9 Å². The van der Waals surface area contributed by atoms with Gasteiger partial charge >= 0.3 is 5.97 Å². The molecule has 0 N–H and O–H groups in total. The van der Waals surface area contributed by atoms with E-state index in [2.05, 4.69) is 38.5 Å². The van der Waals surface area contributed by atoms with E-state index in [0.717, 1.165) is 30.3 Å². The van der Waals surface area contributed by atoms with Crippen molar-refractivity contribution in [1.82, 2.24) is 4.57 Å².